The lowest BCUT2D eigenvalue weighted by molar-refractivity contribution is 0.0690. The van der Waals surface area contributed by atoms with Gasteiger partial charge in [0.25, 0.3) is 0 Å². The monoisotopic (exact) mass is 190 g/mol. The molecule has 0 saturated carbocycles. The van der Waals surface area contributed by atoms with Crippen LogP contribution in [-0.4, -0.2) is 30.8 Å². The third kappa shape index (κ3) is 1.45. The second kappa shape index (κ2) is 3.25. The molecule has 6 nitrogen and oxygen atoms in total. The minimum Gasteiger partial charge on any atom is -0.477 e. The van der Waals surface area contributed by atoms with Crippen LogP contribution in [0.2, 0.25) is 0 Å². The smallest absolute Gasteiger partial charge is 0.354 e. The van der Waals surface area contributed by atoms with E-state index in [1.165, 1.54) is 17.1 Å². The Morgan fingerprint density at radius 1 is 1.43 bits per heavy atom. The lowest BCUT2D eigenvalue weighted by Crippen LogP contribution is -2.05. The van der Waals surface area contributed by atoms with Gasteiger partial charge in [-0.3, -0.25) is 0 Å². The molecule has 2 heterocycles. The van der Waals surface area contributed by atoms with Crippen molar-refractivity contribution in [1.82, 2.24) is 19.7 Å². The van der Waals surface area contributed by atoms with Crippen molar-refractivity contribution in [2.45, 2.75) is 0 Å². The Kier molecular flexibility index (Phi) is 1.94. The van der Waals surface area contributed by atoms with Crippen LogP contribution < -0.4 is 0 Å². The zero-order valence-electron chi connectivity index (χ0n) is 7.03. The van der Waals surface area contributed by atoms with E-state index in [9.17, 15) is 4.79 Å². The quantitative estimate of drug-likeness (QED) is 0.739. The Morgan fingerprint density at radius 3 is 2.93 bits per heavy atom. The first-order valence-corrected chi connectivity index (χ1v) is 3.83. The Labute approximate surface area is 78.9 Å². The molecule has 0 aliphatic heterocycles. The third-order valence-electron chi connectivity index (χ3n) is 1.61. The zero-order valence-corrected chi connectivity index (χ0v) is 7.03. The molecule has 0 fully saturated rings. The molecular weight excluding hydrogens is 184 g/mol. The number of aromatic nitrogens is 4. The lowest BCUT2D eigenvalue weighted by Gasteiger charge is -1.99. The van der Waals surface area contributed by atoms with Gasteiger partial charge in [-0.2, -0.15) is 5.10 Å². The zero-order chi connectivity index (χ0) is 9.97. The molecule has 0 aliphatic carbocycles. The Balaban J connectivity index is 2.46. The molecule has 14 heavy (non-hydrogen) atoms. The molecule has 1 N–H and O–H groups in total. The summed E-state index contributed by atoms with van der Waals surface area (Å²) in [6.07, 6.45) is 4.46. The van der Waals surface area contributed by atoms with Gasteiger partial charge in [0.2, 0.25) is 0 Å². The minimum absolute atomic E-state index is 0.0505. The molecular formula is C8H6N4O2. The topological polar surface area (TPSA) is 80.9 Å². The second-order valence-corrected chi connectivity index (χ2v) is 2.52. The maximum absolute atomic E-state index is 10.6. The second-order valence-electron chi connectivity index (χ2n) is 2.52. The van der Waals surface area contributed by atoms with Crippen molar-refractivity contribution >= 4 is 5.97 Å². The highest BCUT2D eigenvalue weighted by Gasteiger charge is 2.06. The van der Waals surface area contributed by atoms with Gasteiger partial charge in [0.1, 0.15) is 6.33 Å². The number of carbonyl (C=O) groups is 1. The van der Waals surface area contributed by atoms with Crippen molar-refractivity contribution < 1.29 is 9.90 Å². The first kappa shape index (κ1) is 8.36. The summed E-state index contributed by atoms with van der Waals surface area (Å²) in [5.74, 6) is -0.650. The van der Waals surface area contributed by atoms with Crippen LogP contribution in [0.4, 0.5) is 0 Å². The van der Waals surface area contributed by atoms with Crippen molar-refractivity contribution in [2.75, 3.05) is 0 Å². The van der Waals surface area contributed by atoms with Gasteiger partial charge in [0.15, 0.2) is 11.5 Å². The summed E-state index contributed by atoms with van der Waals surface area (Å²) in [6.45, 7) is 0. The molecule has 0 amide bonds. The average Bonchev–Trinajstić information content (AvgIpc) is 2.71. The van der Waals surface area contributed by atoms with E-state index in [2.05, 4.69) is 15.1 Å². The number of carboxylic acid groups (broad SMARTS) is 1. The van der Waals surface area contributed by atoms with E-state index in [1.54, 1.807) is 18.5 Å². The van der Waals surface area contributed by atoms with Gasteiger partial charge in [-0.15, -0.1) is 0 Å². The Bertz CT molecular complexity index is 452. The molecule has 0 radical (unpaired) electrons. The van der Waals surface area contributed by atoms with Crippen molar-refractivity contribution in [1.29, 1.82) is 0 Å². The van der Waals surface area contributed by atoms with E-state index in [1.807, 2.05) is 0 Å². The number of hydrogen-bond donors (Lipinski definition) is 1. The molecule has 0 atom stereocenters. The van der Waals surface area contributed by atoms with Gasteiger partial charge >= 0.3 is 5.97 Å². The highest BCUT2D eigenvalue weighted by atomic mass is 16.4. The summed E-state index contributed by atoms with van der Waals surface area (Å²) < 4.78 is 1.47. The molecule has 0 spiro atoms. The molecule has 0 bridgehead atoms. The van der Waals surface area contributed by atoms with Crippen molar-refractivity contribution in [2.24, 2.45) is 0 Å². The summed E-state index contributed by atoms with van der Waals surface area (Å²) in [6, 6.07) is 3.08. The summed E-state index contributed by atoms with van der Waals surface area (Å²) in [7, 11) is 0. The number of hydrogen-bond acceptors (Lipinski definition) is 4. The fourth-order valence-corrected chi connectivity index (χ4v) is 0.994. The highest BCUT2D eigenvalue weighted by molar-refractivity contribution is 5.85. The number of rotatable bonds is 2. The predicted molar refractivity (Wildman–Crippen MR) is 46.1 cm³/mol. The first-order valence-electron chi connectivity index (χ1n) is 3.83. The van der Waals surface area contributed by atoms with Gasteiger partial charge < -0.3 is 5.11 Å². The number of nitrogens with zero attached hydrogens (tertiary/aromatic N) is 4. The van der Waals surface area contributed by atoms with Gasteiger partial charge in [0, 0.05) is 18.5 Å². The summed E-state index contributed by atoms with van der Waals surface area (Å²) in [5.41, 5.74) is -0.0505. The fourth-order valence-electron chi connectivity index (χ4n) is 0.994. The largest absolute Gasteiger partial charge is 0.477 e. The number of aromatic carboxylic acids is 1. The van der Waals surface area contributed by atoms with Crippen LogP contribution in [-0.2, 0) is 0 Å². The van der Waals surface area contributed by atoms with E-state index in [0.29, 0.717) is 5.82 Å². The van der Waals surface area contributed by atoms with E-state index in [0.717, 1.165) is 0 Å². The van der Waals surface area contributed by atoms with Crippen LogP contribution in [0.5, 0.6) is 0 Å². The molecule has 6 heteroatoms. The van der Waals surface area contributed by atoms with Crippen molar-refractivity contribution in [3.05, 3.63) is 36.5 Å². The Morgan fingerprint density at radius 2 is 2.29 bits per heavy atom. The van der Waals surface area contributed by atoms with Crippen LogP contribution in [0, 0.1) is 0 Å². The molecule has 0 aromatic carbocycles. The SMILES string of the molecule is O=C(O)c1cc(-n2cccn2)ncn1. The predicted octanol–water partition coefficient (Wildman–Crippen LogP) is 0.360. The summed E-state index contributed by atoms with van der Waals surface area (Å²) >= 11 is 0. The lowest BCUT2D eigenvalue weighted by atomic mass is 10.4. The highest BCUT2D eigenvalue weighted by Crippen LogP contribution is 2.02. The Hall–Kier alpha value is -2.24. The van der Waals surface area contributed by atoms with Crippen LogP contribution in [0.1, 0.15) is 10.5 Å². The van der Waals surface area contributed by atoms with Crippen LogP contribution in [0.25, 0.3) is 5.82 Å². The molecule has 70 valence electrons. The van der Waals surface area contributed by atoms with Crippen LogP contribution >= 0.6 is 0 Å². The van der Waals surface area contributed by atoms with E-state index >= 15 is 0 Å². The molecule has 0 unspecified atom stereocenters. The van der Waals surface area contributed by atoms with Crippen LogP contribution in [0.15, 0.2) is 30.9 Å². The van der Waals surface area contributed by atoms with E-state index < -0.39 is 5.97 Å². The molecule has 2 rings (SSSR count). The summed E-state index contributed by atoms with van der Waals surface area (Å²) in [4.78, 5) is 18.1. The van der Waals surface area contributed by atoms with E-state index in [4.69, 9.17) is 5.11 Å². The van der Waals surface area contributed by atoms with Crippen molar-refractivity contribution in [3.63, 3.8) is 0 Å². The standard InChI is InChI=1S/C8H6N4O2/c13-8(14)6-4-7(10-5-9-6)12-3-1-2-11-12/h1-5H,(H,13,14). The van der Waals surface area contributed by atoms with Crippen molar-refractivity contribution in [3.8, 4) is 5.82 Å². The third-order valence-corrected chi connectivity index (χ3v) is 1.61. The van der Waals surface area contributed by atoms with Crippen LogP contribution in [0.3, 0.4) is 0 Å². The maximum atomic E-state index is 10.6. The molecule has 2 aromatic heterocycles. The normalized spacial score (nSPS) is 10.0. The number of carboxylic acids is 1. The fraction of sp³-hybridized carbons (Fsp3) is 0. The minimum atomic E-state index is -1.08. The van der Waals surface area contributed by atoms with Gasteiger partial charge in [-0.25, -0.2) is 19.4 Å². The van der Waals surface area contributed by atoms with Gasteiger partial charge in [-0.05, 0) is 6.07 Å². The summed E-state index contributed by atoms with van der Waals surface area (Å²) in [5, 5.41) is 12.6. The molecule has 2 aromatic rings. The molecule has 0 saturated heterocycles. The average molecular weight is 190 g/mol. The molecule has 0 aliphatic rings. The van der Waals surface area contributed by atoms with Gasteiger partial charge in [0.05, 0.1) is 0 Å². The van der Waals surface area contributed by atoms with Gasteiger partial charge in [-0.1, -0.05) is 0 Å². The van der Waals surface area contributed by atoms with E-state index in [-0.39, 0.29) is 5.69 Å². The maximum Gasteiger partial charge on any atom is 0.354 e. The first-order chi connectivity index (χ1) is 6.77.